The lowest BCUT2D eigenvalue weighted by Crippen LogP contribution is -2.25. The third-order valence-corrected chi connectivity index (χ3v) is 2.93. The maximum Gasteiger partial charge on any atom is 0.227 e. The van der Waals surface area contributed by atoms with Crippen molar-refractivity contribution in [1.82, 2.24) is 15.3 Å². The van der Waals surface area contributed by atoms with Crippen molar-refractivity contribution in [3.63, 3.8) is 0 Å². The van der Waals surface area contributed by atoms with E-state index in [1.165, 1.54) is 0 Å². The van der Waals surface area contributed by atoms with Gasteiger partial charge in [0.05, 0.1) is 5.69 Å². The van der Waals surface area contributed by atoms with E-state index >= 15 is 0 Å². The lowest BCUT2D eigenvalue weighted by Gasteiger charge is -2.16. The van der Waals surface area contributed by atoms with Gasteiger partial charge in [0.1, 0.15) is 5.75 Å². The van der Waals surface area contributed by atoms with E-state index in [0.29, 0.717) is 5.95 Å². The minimum Gasteiger partial charge on any atom is -0.508 e. The molecule has 2 heterocycles. The maximum atomic E-state index is 9.21. The van der Waals surface area contributed by atoms with E-state index in [1.807, 2.05) is 6.20 Å². The van der Waals surface area contributed by atoms with E-state index < -0.39 is 0 Å². The van der Waals surface area contributed by atoms with Crippen LogP contribution in [0.4, 0.5) is 11.6 Å². The molecule has 0 saturated carbocycles. The molecule has 0 saturated heterocycles. The minimum absolute atomic E-state index is 0.248. The molecule has 5 nitrogen and oxygen atoms in total. The van der Waals surface area contributed by atoms with Gasteiger partial charge in [-0.2, -0.15) is 0 Å². The van der Waals surface area contributed by atoms with Gasteiger partial charge in [-0.15, -0.1) is 0 Å². The first-order valence-corrected chi connectivity index (χ1v) is 5.93. The van der Waals surface area contributed by atoms with Crippen molar-refractivity contribution >= 4 is 11.6 Å². The van der Waals surface area contributed by atoms with Gasteiger partial charge in [-0.05, 0) is 24.3 Å². The highest BCUT2D eigenvalue weighted by Crippen LogP contribution is 2.18. The number of phenolic OH excluding ortho intramolecular Hbond substituents is 1. The van der Waals surface area contributed by atoms with Gasteiger partial charge in [-0.25, -0.2) is 9.97 Å². The molecule has 18 heavy (non-hydrogen) atoms. The molecule has 1 aromatic carbocycles. The first-order chi connectivity index (χ1) is 8.81. The van der Waals surface area contributed by atoms with Crippen LogP contribution in [-0.4, -0.2) is 21.6 Å². The highest BCUT2D eigenvalue weighted by Gasteiger charge is 2.11. The Bertz CT molecular complexity index is 553. The van der Waals surface area contributed by atoms with Crippen LogP contribution in [0.5, 0.6) is 5.75 Å². The van der Waals surface area contributed by atoms with Crippen LogP contribution in [-0.2, 0) is 13.0 Å². The van der Waals surface area contributed by atoms with Gasteiger partial charge in [0, 0.05) is 37.0 Å². The molecule has 3 N–H and O–H groups in total. The number of nitrogens with one attached hydrogen (secondary N) is 2. The largest absolute Gasteiger partial charge is 0.508 e. The van der Waals surface area contributed by atoms with Gasteiger partial charge in [0.2, 0.25) is 5.95 Å². The standard InChI is InChI=1S/C13H14N4O/c18-11-3-1-10(2-4-11)16-13-15-8-9-7-14-6-5-12(9)17-13/h1-4,8,14,18H,5-7H2,(H,15,16,17). The fourth-order valence-electron chi connectivity index (χ4n) is 1.97. The van der Waals surface area contributed by atoms with E-state index in [9.17, 15) is 5.11 Å². The van der Waals surface area contributed by atoms with E-state index in [4.69, 9.17) is 0 Å². The molecule has 3 rings (SSSR count). The monoisotopic (exact) mass is 242 g/mol. The number of fused-ring (bicyclic) bond motifs is 1. The van der Waals surface area contributed by atoms with Crippen molar-refractivity contribution in [2.24, 2.45) is 0 Å². The Hall–Kier alpha value is -2.14. The van der Waals surface area contributed by atoms with Gasteiger partial charge < -0.3 is 15.7 Å². The number of rotatable bonds is 2. The van der Waals surface area contributed by atoms with Crippen molar-refractivity contribution in [1.29, 1.82) is 0 Å². The Morgan fingerprint density at radius 2 is 2.06 bits per heavy atom. The molecule has 0 spiro atoms. The number of aromatic nitrogens is 2. The molecule has 0 atom stereocenters. The molecule has 0 amide bonds. The number of benzene rings is 1. The second-order valence-electron chi connectivity index (χ2n) is 4.26. The Kier molecular flexibility index (Phi) is 2.82. The predicted molar refractivity (Wildman–Crippen MR) is 68.8 cm³/mol. The third kappa shape index (κ3) is 2.26. The lowest BCUT2D eigenvalue weighted by molar-refractivity contribution is 0.475. The van der Waals surface area contributed by atoms with E-state index in [-0.39, 0.29) is 5.75 Å². The number of hydrogen-bond acceptors (Lipinski definition) is 5. The Balaban J connectivity index is 1.82. The van der Waals surface area contributed by atoms with Crippen LogP contribution in [0.1, 0.15) is 11.3 Å². The maximum absolute atomic E-state index is 9.21. The summed E-state index contributed by atoms with van der Waals surface area (Å²) in [6, 6.07) is 6.84. The number of hydrogen-bond donors (Lipinski definition) is 3. The summed E-state index contributed by atoms with van der Waals surface area (Å²) in [5, 5.41) is 15.6. The average molecular weight is 242 g/mol. The summed E-state index contributed by atoms with van der Waals surface area (Å²) in [6.07, 6.45) is 2.79. The molecule has 0 bridgehead atoms. The SMILES string of the molecule is Oc1ccc(Nc2ncc3c(n2)CCNC3)cc1. The second-order valence-corrected chi connectivity index (χ2v) is 4.26. The van der Waals surface area contributed by atoms with E-state index in [0.717, 1.165) is 36.5 Å². The molecule has 5 heteroatoms. The normalized spacial score (nSPS) is 14.0. The Morgan fingerprint density at radius 3 is 2.89 bits per heavy atom. The summed E-state index contributed by atoms with van der Waals surface area (Å²) >= 11 is 0. The number of anilines is 2. The number of phenols is 1. The average Bonchev–Trinajstić information content (AvgIpc) is 2.41. The summed E-state index contributed by atoms with van der Waals surface area (Å²) in [7, 11) is 0. The van der Waals surface area contributed by atoms with Crippen molar-refractivity contribution in [2.75, 3.05) is 11.9 Å². The summed E-state index contributed by atoms with van der Waals surface area (Å²) in [5.41, 5.74) is 3.13. The zero-order valence-corrected chi connectivity index (χ0v) is 9.85. The Morgan fingerprint density at radius 1 is 1.22 bits per heavy atom. The van der Waals surface area contributed by atoms with Crippen molar-refractivity contribution in [2.45, 2.75) is 13.0 Å². The fraction of sp³-hybridized carbons (Fsp3) is 0.231. The van der Waals surface area contributed by atoms with Crippen molar-refractivity contribution < 1.29 is 5.11 Å². The van der Waals surface area contributed by atoms with Gasteiger partial charge in [-0.3, -0.25) is 0 Å². The van der Waals surface area contributed by atoms with Crippen LogP contribution in [0.15, 0.2) is 30.5 Å². The smallest absolute Gasteiger partial charge is 0.227 e. The third-order valence-electron chi connectivity index (χ3n) is 2.93. The van der Waals surface area contributed by atoms with Gasteiger partial charge >= 0.3 is 0 Å². The zero-order valence-electron chi connectivity index (χ0n) is 9.85. The molecule has 1 aliphatic heterocycles. The van der Waals surface area contributed by atoms with Crippen LogP contribution in [0.3, 0.4) is 0 Å². The predicted octanol–water partition coefficient (Wildman–Crippen LogP) is 1.57. The van der Waals surface area contributed by atoms with Crippen LogP contribution < -0.4 is 10.6 Å². The molecule has 1 aliphatic rings. The van der Waals surface area contributed by atoms with E-state index in [2.05, 4.69) is 20.6 Å². The van der Waals surface area contributed by atoms with Crippen LogP contribution in [0, 0.1) is 0 Å². The molecule has 0 fully saturated rings. The topological polar surface area (TPSA) is 70.1 Å². The molecular weight excluding hydrogens is 228 g/mol. The van der Waals surface area contributed by atoms with Gasteiger partial charge in [0.25, 0.3) is 0 Å². The molecule has 2 aromatic rings. The molecule has 92 valence electrons. The van der Waals surface area contributed by atoms with Gasteiger partial charge in [-0.1, -0.05) is 0 Å². The molecular formula is C13H14N4O. The number of nitrogens with zero attached hydrogens (tertiary/aromatic N) is 2. The summed E-state index contributed by atoms with van der Waals surface area (Å²) in [5.74, 6) is 0.847. The summed E-state index contributed by atoms with van der Waals surface area (Å²) in [6.45, 7) is 1.80. The van der Waals surface area contributed by atoms with Crippen LogP contribution in [0.2, 0.25) is 0 Å². The highest BCUT2D eigenvalue weighted by molar-refractivity contribution is 5.54. The van der Waals surface area contributed by atoms with Gasteiger partial charge in [0.15, 0.2) is 0 Å². The van der Waals surface area contributed by atoms with E-state index in [1.54, 1.807) is 24.3 Å². The first-order valence-electron chi connectivity index (χ1n) is 5.93. The minimum atomic E-state index is 0.248. The summed E-state index contributed by atoms with van der Waals surface area (Å²) < 4.78 is 0. The first kappa shape index (κ1) is 11.0. The zero-order chi connectivity index (χ0) is 12.4. The lowest BCUT2D eigenvalue weighted by atomic mass is 10.1. The van der Waals surface area contributed by atoms with Crippen LogP contribution in [0.25, 0.3) is 0 Å². The second kappa shape index (κ2) is 4.62. The Labute approximate surface area is 105 Å². The quantitative estimate of drug-likeness (QED) is 0.697. The van der Waals surface area contributed by atoms with Crippen LogP contribution >= 0.6 is 0 Å². The molecule has 0 aliphatic carbocycles. The molecule has 0 radical (unpaired) electrons. The number of aromatic hydroxyl groups is 1. The molecule has 1 aromatic heterocycles. The van der Waals surface area contributed by atoms with Crippen molar-refractivity contribution in [3.8, 4) is 5.75 Å². The summed E-state index contributed by atoms with van der Waals surface area (Å²) in [4.78, 5) is 8.79. The molecule has 0 unspecified atom stereocenters. The highest BCUT2D eigenvalue weighted by atomic mass is 16.3. The van der Waals surface area contributed by atoms with Crippen molar-refractivity contribution in [3.05, 3.63) is 41.7 Å². The fourth-order valence-corrected chi connectivity index (χ4v) is 1.97.